The second-order valence-corrected chi connectivity index (χ2v) is 6.52. The van der Waals surface area contributed by atoms with Gasteiger partial charge in [0.15, 0.2) is 5.75 Å². The van der Waals surface area contributed by atoms with E-state index >= 15 is 0 Å². The average molecular weight is 394 g/mol. The number of alkyl halides is 1. The van der Waals surface area contributed by atoms with Gasteiger partial charge in [0.25, 0.3) is 0 Å². The van der Waals surface area contributed by atoms with Crippen molar-refractivity contribution in [3.8, 4) is 17.0 Å². The minimum Gasteiger partial charge on any atom is -0.285 e. The van der Waals surface area contributed by atoms with Gasteiger partial charge in [0, 0.05) is 17.9 Å². The number of rotatable bonds is 5. The number of pyridine rings is 1. The number of halogens is 1. The van der Waals surface area contributed by atoms with E-state index in [4.69, 9.17) is 9.78 Å². The van der Waals surface area contributed by atoms with Gasteiger partial charge in [0.1, 0.15) is 0 Å². The number of aryl methyl sites for hydroxylation is 1. The molecule has 1 aliphatic carbocycles. The van der Waals surface area contributed by atoms with Gasteiger partial charge in [-0.1, -0.05) is 35.2 Å². The van der Waals surface area contributed by atoms with Crippen molar-refractivity contribution in [2.75, 3.05) is 0 Å². The molecule has 0 spiro atoms. The fourth-order valence-electron chi connectivity index (χ4n) is 2.92. The monoisotopic (exact) mass is 393 g/mol. The molecule has 24 heavy (non-hydrogen) atoms. The van der Waals surface area contributed by atoms with Gasteiger partial charge in [-0.05, 0) is 25.0 Å². The van der Waals surface area contributed by atoms with Crippen LogP contribution in [0.1, 0.15) is 37.8 Å². The maximum absolute atomic E-state index is 12.0. The molecule has 0 unspecified atom stereocenters. The molecule has 0 bridgehead atoms. The third kappa shape index (κ3) is 3.77. The van der Waals surface area contributed by atoms with E-state index in [0.717, 1.165) is 42.6 Å². The van der Waals surface area contributed by atoms with Crippen molar-refractivity contribution in [1.29, 1.82) is 0 Å². The van der Waals surface area contributed by atoms with E-state index in [9.17, 15) is 4.79 Å². The summed E-state index contributed by atoms with van der Waals surface area (Å²) < 4.78 is 1.81. The normalized spacial score (nSPS) is 15.2. The number of carbonyl (C=O) groups excluding carboxylic acids is 1. The first-order valence-electron chi connectivity index (χ1n) is 8.10. The van der Waals surface area contributed by atoms with Gasteiger partial charge in [0.05, 0.1) is 29.7 Å². The van der Waals surface area contributed by atoms with Crippen LogP contribution in [-0.2, 0) is 22.1 Å². The van der Waals surface area contributed by atoms with Gasteiger partial charge < -0.3 is 0 Å². The molecular formula is C17H20BrN3O3. The van der Waals surface area contributed by atoms with Gasteiger partial charge in [0.2, 0.25) is 0 Å². The molecule has 0 atom stereocenters. The molecule has 1 fully saturated rings. The van der Waals surface area contributed by atoms with Crippen molar-refractivity contribution in [3.63, 3.8) is 0 Å². The van der Waals surface area contributed by atoms with Crippen LogP contribution in [-0.4, -0.2) is 20.7 Å². The fraction of sp³-hybridized carbons (Fsp3) is 0.471. The third-order valence-corrected chi connectivity index (χ3v) is 4.89. The summed E-state index contributed by atoms with van der Waals surface area (Å²) in [7, 11) is 1.89. The van der Waals surface area contributed by atoms with Crippen molar-refractivity contribution in [3.05, 3.63) is 30.2 Å². The highest BCUT2D eigenvalue weighted by Gasteiger charge is 2.24. The lowest BCUT2D eigenvalue weighted by atomic mass is 9.89. The molecule has 0 radical (unpaired) electrons. The van der Waals surface area contributed by atoms with Crippen LogP contribution in [0.25, 0.3) is 11.3 Å². The largest absolute Gasteiger partial charge is 0.358 e. The SMILES string of the molecule is Cn1ncc(-c2ccc(OOC(=O)C3CCCCC3)cn2)c1CBr. The molecule has 7 heteroatoms. The lowest BCUT2D eigenvalue weighted by molar-refractivity contribution is -0.219. The third-order valence-electron chi connectivity index (χ3n) is 4.36. The first kappa shape index (κ1) is 17.0. The Morgan fingerprint density at radius 3 is 2.75 bits per heavy atom. The highest BCUT2D eigenvalue weighted by atomic mass is 79.9. The number of nitrogens with zero attached hydrogens (tertiary/aromatic N) is 3. The molecule has 3 rings (SSSR count). The predicted octanol–water partition coefficient (Wildman–Crippen LogP) is 3.79. The standard InChI is InChI=1S/C17H20BrN3O3/c1-21-16(9-18)14(11-20-21)15-8-7-13(10-19-15)23-24-17(22)12-5-3-2-4-6-12/h7-8,10-12H,2-6,9H2,1H3. The van der Waals surface area contributed by atoms with Crippen LogP contribution in [0.5, 0.6) is 5.75 Å². The van der Waals surface area contributed by atoms with Gasteiger partial charge in [-0.15, -0.1) is 0 Å². The quantitative estimate of drug-likeness (QED) is 0.439. The van der Waals surface area contributed by atoms with Crippen LogP contribution in [0, 0.1) is 5.92 Å². The van der Waals surface area contributed by atoms with E-state index in [-0.39, 0.29) is 11.9 Å². The molecular weight excluding hydrogens is 374 g/mol. The molecule has 0 saturated heterocycles. The highest BCUT2D eigenvalue weighted by Crippen LogP contribution is 2.26. The van der Waals surface area contributed by atoms with Crippen LogP contribution in [0.3, 0.4) is 0 Å². The summed E-state index contributed by atoms with van der Waals surface area (Å²) in [4.78, 5) is 26.4. The zero-order chi connectivity index (χ0) is 16.9. The first-order valence-corrected chi connectivity index (χ1v) is 9.23. The summed E-state index contributed by atoms with van der Waals surface area (Å²) in [6.07, 6.45) is 8.46. The Kier molecular flexibility index (Phi) is 5.50. The first-order chi connectivity index (χ1) is 11.7. The summed E-state index contributed by atoms with van der Waals surface area (Å²) in [6.45, 7) is 0. The van der Waals surface area contributed by atoms with Crippen molar-refractivity contribution in [2.24, 2.45) is 13.0 Å². The van der Waals surface area contributed by atoms with E-state index in [1.165, 1.54) is 6.42 Å². The van der Waals surface area contributed by atoms with Crippen molar-refractivity contribution < 1.29 is 14.6 Å². The minimum absolute atomic E-state index is 0.0390. The fourth-order valence-corrected chi connectivity index (χ4v) is 3.58. The summed E-state index contributed by atoms with van der Waals surface area (Å²) in [5.41, 5.74) is 2.79. The Bertz CT molecular complexity index is 694. The summed E-state index contributed by atoms with van der Waals surface area (Å²) in [6, 6.07) is 3.56. The minimum atomic E-state index is -0.285. The molecule has 0 aliphatic heterocycles. The molecule has 0 aromatic carbocycles. The highest BCUT2D eigenvalue weighted by molar-refractivity contribution is 9.08. The zero-order valence-electron chi connectivity index (χ0n) is 13.6. The van der Waals surface area contributed by atoms with Gasteiger partial charge in [-0.3, -0.25) is 19.4 Å². The molecule has 2 heterocycles. The summed E-state index contributed by atoms with van der Waals surface area (Å²) in [5.74, 6) is 0.0858. The van der Waals surface area contributed by atoms with Crippen LogP contribution in [0.4, 0.5) is 0 Å². The maximum atomic E-state index is 12.0. The topological polar surface area (TPSA) is 66.2 Å². The van der Waals surface area contributed by atoms with Gasteiger partial charge >= 0.3 is 5.97 Å². The Hall–Kier alpha value is -1.89. The molecule has 0 amide bonds. The Balaban J connectivity index is 1.61. The smallest absolute Gasteiger partial charge is 0.285 e. The number of aromatic nitrogens is 3. The molecule has 6 nitrogen and oxygen atoms in total. The lowest BCUT2D eigenvalue weighted by Crippen LogP contribution is -2.21. The molecule has 1 saturated carbocycles. The van der Waals surface area contributed by atoms with E-state index < -0.39 is 0 Å². The van der Waals surface area contributed by atoms with Crippen LogP contribution >= 0.6 is 15.9 Å². The maximum Gasteiger partial charge on any atom is 0.358 e. The van der Waals surface area contributed by atoms with E-state index in [0.29, 0.717) is 11.1 Å². The lowest BCUT2D eigenvalue weighted by Gasteiger charge is -2.18. The Morgan fingerprint density at radius 1 is 1.29 bits per heavy atom. The van der Waals surface area contributed by atoms with E-state index in [1.807, 2.05) is 17.8 Å². The van der Waals surface area contributed by atoms with Crippen molar-refractivity contribution in [2.45, 2.75) is 37.4 Å². The van der Waals surface area contributed by atoms with Gasteiger partial charge in [-0.2, -0.15) is 5.10 Å². The molecule has 128 valence electrons. The Labute approximate surface area is 149 Å². The number of carbonyl (C=O) groups is 1. The molecule has 2 aromatic rings. The van der Waals surface area contributed by atoms with Crippen LogP contribution in [0.2, 0.25) is 0 Å². The molecule has 2 aromatic heterocycles. The second-order valence-electron chi connectivity index (χ2n) is 5.96. The van der Waals surface area contributed by atoms with Crippen molar-refractivity contribution >= 4 is 21.9 Å². The number of hydrogen-bond acceptors (Lipinski definition) is 5. The van der Waals surface area contributed by atoms with Crippen molar-refractivity contribution in [1.82, 2.24) is 14.8 Å². The van der Waals surface area contributed by atoms with Crippen LogP contribution < -0.4 is 4.89 Å². The predicted molar refractivity (Wildman–Crippen MR) is 92.4 cm³/mol. The summed E-state index contributed by atoms with van der Waals surface area (Å²) in [5, 5.41) is 4.94. The van der Waals surface area contributed by atoms with Gasteiger partial charge in [-0.25, -0.2) is 4.79 Å². The summed E-state index contributed by atoms with van der Waals surface area (Å²) >= 11 is 3.46. The average Bonchev–Trinajstić information content (AvgIpc) is 3.01. The molecule has 0 N–H and O–H groups in total. The Morgan fingerprint density at radius 2 is 2.08 bits per heavy atom. The van der Waals surface area contributed by atoms with Crippen LogP contribution in [0.15, 0.2) is 24.5 Å². The van der Waals surface area contributed by atoms with E-state index in [1.54, 1.807) is 18.5 Å². The zero-order valence-corrected chi connectivity index (χ0v) is 15.2. The van der Waals surface area contributed by atoms with E-state index in [2.05, 4.69) is 26.0 Å². The second kappa shape index (κ2) is 7.79. The number of hydrogen-bond donors (Lipinski definition) is 0. The molecule has 1 aliphatic rings.